The fraction of sp³-hybridized carbons (Fsp3) is 0.647. The van der Waals surface area contributed by atoms with Crippen LogP contribution in [-0.2, 0) is 5.41 Å². The molecule has 1 aromatic rings. The monoisotopic (exact) mass is 279 g/mol. The highest BCUT2D eigenvalue weighted by Crippen LogP contribution is 2.32. The topological polar surface area (TPSA) is 12.0 Å². The van der Waals surface area contributed by atoms with Crippen LogP contribution in [0.4, 0.5) is 0 Å². The molecule has 1 N–H and O–H groups in total. The van der Waals surface area contributed by atoms with Crippen LogP contribution in [0.2, 0.25) is 0 Å². The summed E-state index contributed by atoms with van der Waals surface area (Å²) in [5, 5.41) is 3.67. The second-order valence-electron chi connectivity index (χ2n) is 5.77. The van der Waals surface area contributed by atoms with Gasteiger partial charge in [0.1, 0.15) is 0 Å². The molecular weight excluding hydrogens is 250 g/mol. The highest BCUT2D eigenvalue weighted by molar-refractivity contribution is 7.98. The molecule has 0 fully saturated rings. The van der Waals surface area contributed by atoms with E-state index in [2.05, 4.69) is 62.7 Å². The van der Waals surface area contributed by atoms with Crippen LogP contribution in [0.15, 0.2) is 30.3 Å². The Kier molecular flexibility index (Phi) is 7.55. The van der Waals surface area contributed by atoms with Crippen LogP contribution in [-0.4, -0.2) is 25.1 Å². The van der Waals surface area contributed by atoms with E-state index in [0.29, 0.717) is 11.3 Å². The Morgan fingerprint density at radius 2 is 1.89 bits per heavy atom. The van der Waals surface area contributed by atoms with E-state index in [0.717, 1.165) is 13.1 Å². The summed E-state index contributed by atoms with van der Waals surface area (Å²) in [6, 6.07) is 11.0. The Bertz CT molecular complexity index is 336. The van der Waals surface area contributed by atoms with Gasteiger partial charge in [0.15, 0.2) is 0 Å². The summed E-state index contributed by atoms with van der Waals surface area (Å²) in [5.74, 6) is 1.94. The maximum absolute atomic E-state index is 3.67. The molecule has 0 amide bonds. The summed E-state index contributed by atoms with van der Waals surface area (Å²) in [5.41, 5.74) is 1.78. The van der Waals surface area contributed by atoms with Gasteiger partial charge in [0, 0.05) is 12.0 Å². The maximum Gasteiger partial charge on any atom is 0.00830 e. The van der Waals surface area contributed by atoms with Crippen molar-refractivity contribution < 1.29 is 0 Å². The molecule has 0 saturated heterocycles. The molecule has 1 aromatic carbocycles. The fourth-order valence-corrected chi connectivity index (χ4v) is 3.12. The third-order valence-electron chi connectivity index (χ3n) is 3.86. The molecule has 0 bridgehead atoms. The largest absolute Gasteiger partial charge is 0.316 e. The summed E-state index contributed by atoms with van der Waals surface area (Å²) >= 11 is 1.95. The summed E-state index contributed by atoms with van der Waals surface area (Å²) in [7, 11) is 0. The molecule has 19 heavy (non-hydrogen) atoms. The summed E-state index contributed by atoms with van der Waals surface area (Å²) < 4.78 is 0. The average Bonchev–Trinajstić information content (AvgIpc) is 2.43. The number of hydrogen-bond donors (Lipinski definition) is 1. The predicted molar refractivity (Wildman–Crippen MR) is 89.1 cm³/mol. The van der Waals surface area contributed by atoms with E-state index in [4.69, 9.17) is 0 Å². The Morgan fingerprint density at radius 3 is 2.42 bits per heavy atom. The van der Waals surface area contributed by atoms with Crippen LogP contribution in [0.3, 0.4) is 0 Å². The molecular formula is C17H29NS. The van der Waals surface area contributed by atoms with Gasteiger partial charge in [-0.25, -0.2) is 0 Å². The third-order valence-corrected chi connectivity index (χ3v) is 4.48. The number of hydrogen-bond acceptors (Lipinski definition) is 2. The lowest BCUT2D eigenvalue weighted by molar-refractivity contribution is 0.361. The molecule has 0 aliphatic carbocycles. The van der Waals surface area contributed by atoms with Crippen molar-refractivity contribution in [1.82, 2.24) is 5.32 Å². The third kappa shape index (κ3) is 5.19. The molecule has 0 aliphatic heterocycles. The smallest absolute Gasteiger partial charge is 0.00830 e. The van der Waals surface area contributed by atoms with Gasteiger partial charge in [-0.05, 0) is 42.9 Å². The second-order valence-corrected chi connectivity index (χ2v) is 6.75. The van der Waals surface area contributed by atoms with Crippen molar-refractivity contribution in [3.05, 3.63) is 35.9 Å². The van der Waals surface area contributed by atoms with Crippen molar-refractivity contribution in [3.63, 3.8) is 0 Å². The lowest BCUT2D eigenvalue weighted by Crippen LogP contribution is -2.39. The van der Waals surface area contributed by atoms with Gasteiger partial charge in [-0.3, -0.25) is 0 Å². The van der Waals surface area contributed by atoms with Gasteiger partial charge in [0.2, 0.25) is 0 Å². The first-order valence-corrected chi connectivity index (χ1v) is 8.79. The fourth-order valence-electron chi connectivity index (χ4n) is 2.53. The van der Waals surface area contributed by atoms with Gasteiger partial charge in [-0.15, -0.1) is 0 Å². The molecule has 108 valence electrons. The van der Waals surface area contributed by atoms with Crippen LogP contribution < -0.4 is 5.32 Å². The number of nitrogens with one attached hydrogen (secondary N) is 1. The molecule has 0 heterocycles. The molecule has 0 aliphatic rings. The molecule has 0 aromatic heterocycles. The molecule has 0 radical (unpaired) electrons. The van der Waals surface area contributed by atoms with Gasteiger partial charge in [0.25, 0.3) is 0 Å². The van der Waals surface area contributed by atoms with Crippen molar-refractivity contribution in [3.8, 4) is 0 Å². The van der Waals surface area contributed by atoms with Crippen LogP contribution in [0.25, 0.3) is 0 Å². The van der Waals surface area contributed by atoms with E-state index in [1.54, 1.807) is 0 Å². The molecule has 1 atom stereocenters. The van der Waals surface area contributed by atoms with E-state index in [1.165, 1.54) is 24.2 Å². The predicted octanol–water partition coefficient (Wildman–Crippen LogP) is 4.33. The molecule has 2 heteroatoms. The second kappa shape index (κ2) is 8.65. The van der Waals surface area contributed by atoms with Crippen molar-refractivity contribution in [2.75, 3.05) is 25.1 Å². The van der Waals surface area contributed by atoms with Crippen LogP contribution in [0, 0.1) is 5.92 Å². The molecule has 0 saturated carbocycles. The normalized spacial score (nSPS) is 14.6. The Hall–Kier alpha value is -0.470. The summed E-state index contributed by atoms with van der Waals surface area (Å²) in [4.78, 5) is 0. The van der Waals surface area contributed by atoms with Gasteiger partial charge in [0.05, 0.1) is 0 Å². The van der Waals surface area contributed by atoms with Crippen LogP contribution >= 0.6 is 11.8 Å². The van der Waals surface area contributed by atoms with E-state index < -0.39 is 0 Å². The Labute approximate surface area is 123 Å². The van der Waals surface area contributed by atoms with Crippen molar-refractivity contribution in [1.29, 1.82) is 0 Å². The van der Waals surface area contributed by atoms with Crippen molar-refractivity contribution >= 4 is 11.8 Å². The van der Waals surface area contributed by atoms with Crippen molar-refractivity contribution in [2.45, 2.75) is 39.0 Å². The zero-order valence-corrected chi connectivity index (χ0v) is 13.7. The maximum atomic E-state index is 3.67. The van der Waals surface area contributed by atoms with Gasteiger partial charge in [-0.2, -0.15) is 11.8 Å². The molecule has 1 rings (SSSR count). The first kappa shape index (κ1) is 16.6. The first-order valence-electron chi connectivity index (χ1n) is 7.40. The van der Waals surface area contributed by atoms with E-state index in [9.17, 15) is 0 Å². The summed E-state index contributed by atoms with van der Waals surface area (Å²) in [6.45, 7) is 9.06. The van der Waals surface area contributed by atoms with Gasteiger partial charge in [-0.1, -0.05) is 51.1 Å². The van der Waals surface area contributed by atoms with E-state index in [1.807, 2.05) is 11.8 Å². The first-order chi connectivity index (χ1) is 9.14. The molecule has 1 unspecified atom stereocenters. The number of thioether (sulfide) groups is 1. The zero-order chi connectivity index (χ0) is 14.1. The lowest BCUT2D eigenvalue weighted by Gasteiger charge is -2.34. The quantitative estimate of drug-likeness (QED) is 0.722. The van der Waals surface area contributed by atoms with Crippen LogP contribution in [0.1, 0.15) is 39.2 Å². The standard InChI is InChI=1S/C17H29NS/c1-5-17(11-12-19-4,14-18-13-15(2)3)16-9-7-6-8-10-16/h6-10,15,18H,5,11-14H2,1-4H3. The highest BCUT2D eigenvalue weighted by Gasteiger charge is 2.29. The van der Waals surface area contributed by atoms with Crippen LogP contribution in [0.5, 0.6) is 0 Å². The zero-order valence-electron chi connectivity index (χ0n) is 12.9. The number of benzene rings is 1. The van der Waals surface area contributed by atoms with Gasteiger partial charge >= 0.3 is 0 Å². The highest BCUT2D eigenvalue weighted by atomic mass is 32.2. The number of rotatable bonds is 9. The molecule has 0 spiro atoms. The van der Waals surface area contributed by atoms with E-state index in [-0.39, 0.29) is 0 Å². The SMILES string of the molecule is CCC(CCSC)(CNCC(C)C)c1ccccc1. The average molecular weight is 279 g/mol. The minimum atomic E-state index is 0.291. The summed E-state index contributed by atoms with van der Waals surface area (Å²) in [6.07, 6.45) is 4.65. The Balaban J connectivity index is 2.81. The van der Waals surface area contributed by atoms with E-state index >= 15 is 0 Å². The minimum Gasteiger partial charge on any atom is -0.316 e. The van der Waals surface area contributed by atoms with Crippen molar-refractivity contribution in [2.24, 2.45) is 5.92 Å². The molecule has 1 nitrogen and oxygen atoms in total. The Morgan fingerprint density at radius 1 is 1.21 bits per heavy atom. The lowest BCUT2D eigenvalue weighted by atomic mass is 9.75. The minimum absolute atomic E-state index is 0.291. The van der Waals surface area contributed by atoms with Gasteiger partial charge < -0.3 is 5.32 Å².